The van der Waals surface area contributed by atoms with Crippen molar-refractivity contribution in [3.8, 4) is 0 Å². The minimum atomic E-state index is -0.239. The van der Waals surface area contributed by atoms with E-state index in [-0.39, 0.29) is 17.6 Å². The van der Waals surface area contributed by atoms with Crippen LogP contribution in [0.25, 0.3) is 0 Å². The lowest BCUT2D eigenvalue weighted by Crippen LogP contribution is -2.51. The number of hydrogen-bond donors (Lipinski definition) is 1. The van der Waals surface area contributed by atoms with Crippen LogP contribution in [0, 0.1) is 11.8 Å². The van der Waals surface area contributed by atoms with E-state index in [0.29, 0.717) is 5.92 Å². The molecule has 0 radical (unpaired) electrons. The van der Waals surface area contributed by atoms with Crippen molar-refractivity contribution in [1.82, 2.24) is 15.2 Å². The van der Waals surface area contributed by atoms with Crippen LogP contribution in [0.1, 0.15) is 44.0 Å². The standard InChI is InChI=1S/C18H27N3O2S/c1-13-11-21(12-16-19-7-9-24-16)8-6-18(13)5-4-15(23-18)17(22)20-10-14-2-3-14/h7,9,13-15H,2-6,8,10-12H2,1H3,(H,20,22)/t13-,15?,18+/m0/s1. The number of hydrogen-bond acceptors (Lipinski definition) is 5. The highest BCUT2D eigenvalue weighted by Crippen LogP contribution is 2.42. The van der Waals surface area contributed by atoms with Crippen LogP contribution in [-0.4, -0.2) is 47.1 Å². The Morgan fingerprint density at radius 3 is 3.04 bits per heavy atom. The van der Waals surface area contributed by atoms with Gasteiger partial charge in [-0.2, -0.15) is 0 Å². The van der Waals surface area contributed by atoms with Gasteiger partial charge in [0.05, 0.1) is 12.1 Å². The summed E-state index contributed by atoms with van der Waals surface area (Å²) in [6.45, 7) is 6.10. The van der Waals surface area contributed by atoms with Crippen molar-refractivity contribution in [2.45, 2.75) is 57.3 Å². The summed E-state index contributed by atoms with van der Waals surface area (Å²) in [6, 6.07) is 0. The molecular formula is C18H27N3O2S. The zero-order valence-electron chi connectivity index (χ0n) is 14.4. The van der Waals surface area contributed by atoms with Gasteiger partial charge in [-0.25, -0.2) is 4.98 Å². The van der Waals surface area contributed by atoms with Gasteiger partial charge in [-0.3, -0.25) is 9.69 Å². The smallest absolute Gasteiger partial charge is 0.249 e. The topological polar surface area (TPSA) is 54.5 Å². The Bertz CT molecular complexity index is 575. The molecule has 3 heterocycles. The molecule has 2 aliphatic heterocycles. The summed E-state index contributed by atoms with van der Waals surface area (Å²) < 4.78 is 6.35. The molecule has 132 valence electrons. The van der Waals surface area contributed by atoms with Gasteiger partial charge in [0.2, 0.25) is 5.91 Å². The van der Waals surface area contributed by atoms with Crippen molar-refractivity contribution in [3.05, 3.63) is 16.6 Å². The quantitative estimate of drug-likeness (QED) is 0.887. The molecule has 3 fully saturated rings. The number of nitrogens with zero attached hydrogens (tertiary/aromatic N) is 2. The second kappa shape index (κ2) is 6.73. The molecule has 2 saturated heterocycles. The molecule has 1 N–H and O–H groups in total. The van der Waals surface area contributed by atoms with Gasteiger partial charge in [0.1, 0.15) is 11.1 Å². The molecule has 1 aliphatic carbocycles. The third-order valence-corrected chi connectivity index (χ3v) is 6.65. The van der Waals surface area contributed by atoms with E-state index in [1.807, 2.05) is 11.6 Å². The molecule has 0 bridgehead atoms. The Hall–Kier alpha value is -0.980. The third kappa shape index (κ3) is 3.51. The highest BCUT2D eigenvalue weighted by atomic mass is 32.1. The summed E-state index contributed by atoms with van der Waals surface area (Å²) in [7, 11) is 0. The van der Waals surface area contributed by atoms with Gasteiger partial charge in [0.25, 0.3) is 0 Å². The Morgan fingerprint density at radius 2 is 2.33 bits per heavy atom. The number of carbonyl (C=O) groups excluding carboxylic acids is 1. The van der Waals surface area contributed by atoms with Crippen molar-refractivity contribution < 1.29 is 9.53 Å². The van der Waals surface area contributed by atoms with Crippen LogP contribution in [0.5, 0.6) is 0 Å². The first kappa shape index (κ1) is 16.5. The molecule has 1 unspecified atom stereocenters. The van der Waals surface area contributed by atoms with Gasteiger partial charge in [-0.15, -0.1) is 11.3 Å². The lowest BCUT2D eigenvalue weighted by atomic mass is 9.80. The van der Waals surface area contributed by atoms with E-state index >= 15 is 0 Å². The van der Waals surface area contributed by atoms with E-state index in [4.69, 9.17) is 4.74 Å². The van der Waals surface area contributed by atoms with Crippen molar-refractivity contribution in [3.63, 3.8) is 0 Å². The Labute approximate surface area is 147 Å². The second-order valence-electron chi connectivity index (χ2n) is 7.71. The molecule has 1 aromatic heterocycles. The average molecular weight is 350 g/mol. The van der Waals surface area contributed by atoms with E-state index < -0.39 is 0 Å². The molecular weight excluding hydrogens is 322 g/mol. The molecule has 4 rings (SSSR count). The van der Waals surface area contributed by atoms with Crippen molar-refractivity contribution in [1.29, 1.82) is 0 Å². The van der Waals surface area contributed by atoms with Gasteiger partial charge in [-0.1, -0.05) is 6.92 Å². The van der Waals surface area contributed by atoms with Crippen LogP contribution in [-0.2, 0) is 16.1 Å². The lowest BCUT2D eigenvalue weighted by Gasteiger charge is -2.44. The first-order valence-electron chi connectivity index (χ1n) is 9.21. The fourth-order valence-electron chi connectivity index (χ4n) is 4.09. The van der Waals surface area contributed by atoms with Crippen LogP contribution in [0.2, 0.25) is 0 Å². The van der Waals surface area contributed by atoms with Crippen LogP contribution in [0.15, 0.2) is 11.6 Å². The van der Waals surface area contributed by atoms with Gasteiger partial charge in [0.15, 0.2) is 0 Å². The maximum absolute atomic E-state index is 12.3. The van der Waals surface area contributed by atoms with E-state index in [0.717, 1.165) is 51.4 Å². The van der Waals surface area contributed by atoms with Gasteiger partial charge < -0.3 is 10.1 Å². The van der Waals surface area contributed by atoms with E-state index in [2.05, 4.69) is 22.1 Å². The maximum atomic E-state index is 12.3. The second-order valence-corrected chi connectivity index (χ2v) is 8.69. The minimum Gasteiger partial charge on any atom is -0.362 e. The molecule has 1 spiro atoms. The van der Waals surface area contributed by atoms with E-state index in [1.165, 1.54) is 17.8 Å². The predicted octanol–water partition coefficient (Wildman–Crippen LogP) is 2.43. The van der Waals surface area contributed by atoms with Crippen LogP contribution < -0.4 is 5.32 Å². The Kier molecular flexibility index (Phi) is 4.62. The first-order valence-corrected chi connectivity index (χ1v) is 10.1. The number of aromatic nitrogens is 1. The lowest BCUT2D eigenvalue weighted by molar-refractivity contribution is -0.147. The summed E-state index contributed by atoms with van der Waals surface area (Å²) in [4.78, 5) is 19.2. The molecule has 1 aromatic rings. The number of rotatable bonds is 5. The third-order valence-electron chi connectivity index (χ3n) is 5.88. The molecule has 1 saturated carbocycles. The van der Waals surface area contributed by atoms with Crippen LogP contribution >= 0.6 is 11.3 Å². The highest BCUT2D eigenvalue weighted by molar-refractivity contribution is 7.09. The van der Waals surface area contributed by atoms with Crippen molar-refractivity contribution in [2.75, 3.05) is 19.6 Å². The zero-order chi connectivity index (χ0) is 16.6. The normalized spacial score (nSPS) is 33.9. The molecule has 3 aliphatic rings. The fourth-order valence-corrected chi connectivity index (χ4v) is 4.75. The monoisotopic (exact) mass is 349 g/mol. The number of amides is 1. The molecule has 5 nitrogen and oxygen atoms in total. The summed E-state index contributed by atoms with van der Waals surface area (Å²) in [6.07, 6.45) is 7.07. The van der Waals surface area contributed by atoms with Crippen molar-refractivity contribution in [2.24, 2.45) is 11.8 Å². The summed E-state index contributed by atoms with van der Waals surface area (Å²) in [5, 5.41) is 6.30. The van der Waals surface area contributed by atoms with E-state index in [9.17, 15) is 4.79 Å². The van der Waals surface area contributed by atoms with Crippen LogP contribution in [0.3, 0.4) is 0 Å². The van der Waals surface area contributed by atoms with Gasteiger partial charge >= 0.3 is 0 Å². The summed E-state index contributed by atoms with van der Waals surface area (Å²) in [5.74, 6) is 1.28. The first-order chi connectivity index (χ1) is 11.6. The zero-order valence-corrected chi connectivity index (χ0v) is 15.2. The fraction of sp³-hybridized carbons (Fsp3) is 0.778. The number of nitrogens with one attached hydrogen (secondary N) is 1. The number of ether oxygens (including phenoxy) is 1. The van der Waals surface area contributed by atoms with Crippen molar-refractivity contribution >= 4 is 17.2 Å². The minimum absolute atomic E-state index is 0.0963. The van der Waals surface area contributed by atoms with Gasteiger partial charge in [0, 0.05) is 31.2 Å². The molecule has 0 aromatic carbocycles. The maximum Gasteiger partial charge on any atom is 0.249 e. The SMILES string of the molecule is C[C@H]1CN(Cc2nccs2)CC[C@]12CCC(C(=O)NCC1CC1)O2. The number of likely N-dealkylation sites (tertiary alicyclic amines) is 1. The highest BCUT2D eigenvalue weighted by Gasteiger charge is 2.48. The molecule has 6 heteroatoms. The Morgan fingerprint density at radius 1 is 1.46 bits per heavy atom. The average Bonchev–Trinajstić information content (AvgIpc) is 3.07. The number of thiazole rings is 1. The Balaban J connectivity index is 1.30. The summed E-state index contributed by atoms with van der Waals surface area (Å²) >= 11 is 1.72. The molecule has 1 amide bonds. The van der Waals surface area contributed by atoms with Gasteiger partial charge in [-0.05, 0) is 43.9 Å². The van der Waals surface area contributed by atoms with Crippen LogP contribution in [0.4, 0.5) is 0 Å². The molecule has 3 atom stereocenters. The number of piperidine rings is 1. The number of carbonyl (C=O) groups is 1. The van der Waals surface area contributed by atoms with E-state index in [1.54, 1.807) is 11.3 Å². The predicted molar refractivity (Wildman–Crippen MR) is 93.7 cm³/mol. The molecule has 24 heavy (non-hydrogen) atoms. The summed E-state index contributed by atoms with van der Waals surface area (Å²) in [5.41, 5.74) is -0.0963. The largest absolute Gasteiger partial charge is 0.362 e.